The van der Waals surface area contributed by atoms with Gasteiger partial charge in [-0.05, 0) is 59.0 Å². The van der Waals surface area contributed by atoms with Gasteiger partial charge in [0.1, 0.15) is 0 Å². The summed E-state index contributed by atoms with van der Waals surface area (Å²) in [6.07, 6.45) is 0. The van der Waals surface area contributed by atoms with Crippen LogP contribution in [0.5, 0.6) is 0 Å². The highest BCUT2D eigenvalue weighted by Gasteiger charge is 2.13. The van der Waals surface area contributed by atoms with E-state index in [9.17, 15) is 0 Å². The Bertz CT molecular complexity index is 788. The largest absolute Gasteiger partial charge is 0.320 e. The highest BCUT2D eigenvalue weighted by atomic mass is 35.5. The van der Waals surface area contributed by atoms with Crippen LogP contribution in [0.15, 0.2) is 54.6 Å². The van der Waals surface area contributed by atoms with Crippen molar-refractivity contribution in [3.63, 3.8) is 0 Å². The highest BCUT2D eigenvalue weighted by Crippen LogP contribution is 2.30. The number of halogens is 1. The summed E-state index contributed by atoms with van der Waals surface area (Å²) in [6.45, 7) is 4.16. The summed E-state index contributed by atoms with van der Waals surface area (Å²) in [4.78, 5) is 0. The second kappa shape index (κ2) is 5.51. The topological polar surface area (TPSA) is 26.0 Å². The lowest BCUT2D eigenvalue weighted by Gasteiger charge is -2.17. The first kappa shape index (κ1) is 14.1. The van der Waals surface area contributed by atoms with Crippen LogP contribution in [0, 0.1) is 13.8 Å². The molecule has 0 aliphatic carbocycles. The maximum absolute atomic E-state index is 6.51. The van der Waals surface area contributed by atoms with Crippen molar-refractivity contribution in [2.45, 2.75) is 19.9 Å². The first-order valence-electron chi connectivity index (χ1n) is 7.07. The van der Waals surface area contributed by atoms with E-state index in [0.717, 1.165) is 21.7 Å². The summed E-state index contributed by atoms with van der Waals surface area (Å²) >= 11 is 6.17. The number of hydrogen-bond acceptors (Lipinski definition) is 1. The maximum atomic E-state index is 6.51. The van der Waals surface area contributed by atoms with Gasteiger partial charge in [-0.1, -0.05) is 54.1 Å². The number of nitrogens with two attached hydrogens (primary N) is 1. The monoisotopic (exact) mass is 295 g/mol. The molecular weight excluding hydrogens is 278 g/mol. The van der Waals surface area contributed by atoms with E-state index >= 15 is 0 Å². The van der Waals surface area contributed by atoms with Crippen LogP contribution in [-0.2, 0) is 0 Å². The van der Waals surface area contributed by atoms with Crippen molar-refractivity contribution in [1.82, 2.24) is 0 Å². The molecule has 0 saturated carbocycles. The van der Waals surface area contributed by atoms with E-state index in [0.29, 0.717) is 0 Å². The number of benzene rings is 3. The normalized spacial score (nSPS) is 12.6. The molecule has 0 saturated heterocycles. The van der Waals surface area contributed by atoms with Crippen LogP contribution in [0.2, 0.25) is 5.02 Å². The predicted octanol–water partition coefficient (Wildman–Crippen LogP) is 5.16. The van der Waals surface area contributed by atoms with Crippen LogP contribution in [-0.4, -0.2) is 0 Å². The Kier molecular flexibility index (Phi) is 3.71. The van der Waals surface area contributed by atoms with Crippen molar-refractivity contribution < 1.29 is 0 Å². The minimum Gasteiger partial charge on any atom is -0.320 e. The SMILES string of the molecule is Cc1cc(Cl)cc(C(N)c2ccc(C)c3ccccc23)c1. The van der Waals surface area contributed by atoms with E-state index in [2.05, 4.69) is 49.4 Å². The molecular formula is C19H18ClN. The van der Waals surface area contributed by atoms with Crippen molar-refractivity contribution in [2.24, 2.45) is 5.73 Å². The molecule has 1 unspecified atom stereocenters. The van der Waals surface area contributed by atoms with E-state index < -0.39 is 0 Å². The molecule has 3 aromatic rings. The fourth-order valence-corrected chi connectivity index (χ4v) is 3.17. The zero-order valence-electron chi connectivity index (χ0n) is 12.2. The molecule has 1 nitrogen and oxygen atoms in total. The molecule has 3 aromatic carbocycles. The fourth-order valence-electron chi connectivity index (χ4n) is 2.87. The summed E-state index contributed by atoms with van der Waals surface area (Å²) in [6, 6.07) is 18.5. The number of hydrogen-bond donors (Lipinski definition) is 1. The Morgan fingerprint density at radius 1 is 0.905 bits per heavy atom. The molecule has 2 heteroatoms. The molecule has 0 amide bonds. The van der Waals surface area contributed by atoms with Gasteiger partial charge in [0.05, 0.1) is 6.04 Å². The van der Waals surface area contributed by atoms with Gasteiger partial charge < -0.3 is 5.73 Å². The lowest BCUT2D eigenvalue weighted by atomic mass is 9.92. The molecule has 106 valence electrons. The van der Waals surface area contributed by atoms with E-state index in [1.54, 1.807) is 0 Å². The van der Waals surface area contributed by atoms with Gasteiger partial charge in [0.2, 0.25) is 0 Å². The van der Waals surface area contributed by atoms with Crippen LogP contribution in [0.3, 0.4) is 0 Å². The zero-order chi connectivity index (χ0) is 15.0. The van der Waals surface area contributed by atoms with Crippen molar-refractivity contribution in [1.29, 1.82) is 0 Å². The summed E-state index contributed by atoms with van der Waals surface area (Å²) in [5.74, 6) is 0. The molecule has 21 heavy (non-hydrogen) atoms. The van der Waals surface area contributed by atoms with Crippen molar-refractivity contribution in [3.8, 4) is 0 Å². The molecule has 0 radical (unpaired) electrons. The van der Waals surface area contributed by atoms with Gasteiger partial charge in [0, 0.05) is 5.02 Å². The number of aryl methyl sites for hydroxylation is 2. The first-order chi connectivity index (χ1) is 10.1. The summed E-state index contributed by atoms with van der Waals surface area (Å²) in [7, 11) is 0. The molecule has 0 fully saturated rings. The highest BCUT2D eigenvalue weighted by molar-refractivity contribution is 6.30. The van der Waals surface area contributed by atoms with Gasteiger partial charge in [-0.25, -0.2) is 0 Å². The van der Waals surface area contributed by atoms with Gasteiger partial charge in [-0.2, -0.15) is 0 Å². The Hall–Kier alpha value is -1.83. The van der Waals surface area contributed by atoms with Gasteiger partial charge in [0.15, 0.2) is 0 Å². The standard InChI is InChI=1S/C19H18ClN/c1-12-9-14(11-15(20)10-12)19(21)18-8-7-13(2)16-5-3-4-6-17(16)18/h3-11,19H,21H2,1-2H3. The maximum Gasteiger partial charge on any atom is 0.0558 e. The lowest BCUT2D eigenvalue weighted by molar-refractivity contribution is 0.878. The molecule has 0 bridgehead atoms. The Labute approximate surface area is 130 Å². The average molecular weight is 296 g/mol. The van der Waals surface area contributed by atoms with Gasteiger partial charge in [0.25, 0.3) is 0 Å². The fraction of sp³-hybridized carbons (Fsp3) is 0.158. The Morgan fingerprint density at radius 3 is 2.33 bits per heavy atom. The van der Waals surface area contributed by atoms with Crippen molar-refractivity contribution >= 4 is 22.4 Å². The average Bonchev–Trinajstić information content (AvgIpc) is 2.46. The van der Waals surface area contributed by atoms with Crippen molar-refractivity contribution in [3.05, 3.63) is 81.9 Å². The summed E-state index contributed by atoms with van der Waals surface area (Å²) < 4.78 is 0. The quantitative estimate of drug-likeness (QED) is 0.694. The van der Waals surface area contributed by atoms with Gasteiger partial charge in [-0.15, -0.1) is 0 Å². The summed E-state index contributed by atoms with van der Waals surface area (Å²) in [5, 5.41) is 3.20. The molecule has 0 heterocycles. The minimum atomic E-state index is -0.173. The molecule has 0 spiro atoms. The van der Waals surface area contributed by atoms with E-state index in [-0.39, 0.29) is 6.04 Å². The third-order valence-corrected chi connectivity index (χ3v) is 4.15. The van der Waals surface area contributed by atoms with Crippen LogP contribution >= 0.6 is 11.6 Å². The van der Waals surface area contributed by atoms with E-state index in [1.807, 2.05) is 19.1 Å². The smallest absolute Gasteiger partial charge is 0.0558 e. The second-order valence-electron chi connectivity index (χ2n) is 5.56. The molecule has 0 aliphatic heterocycles. The van der Waals surface area contributed by atoms with Crippen LogP contribution in [0.1, 0.15) is 28.3 Å². The number of rotatable bonds is 2. The Morgan fingerprint density at radius 2 is 1.62 bits per heavy atom. The lowest BCUT2D eigenvalue weighted by Crippen LogP contribution is -2.12. The first-order valence-corrected chi connectivity index (χ1v) is 7.45. The Balaban J connectivity index is 2.18. The second-order valence-corrected chi connectivity index (χ2v) is 5.99. The van der Waals surface area contributed by atoms with E-state index in [4.69, 9.17) is 17.3 Å². The third kappa shape index (κ3) is 2.67. The molecule has 3 rings (SSSR count). The minimum absolute atomic E-state index is 0.173. The molecule has 2 N–H and O–H groups in total. The number of fused-ring (bicyclic) bond motifs is 1. The molecule has 0 aliphatic rings. The van der Waals surface area contributed by atoms with Crippen LogP contribution in [0.4, 0.5) is 0 Å². The van der Waals surface area contributed by atoms with E-state index in [1.165, 1.54) is 16.3 Å². The molecule has 0 aromatic heterocycles. The molecule has 1 atom stereocenters. The van der Waals surface area contributed by atoms with Crippen LogP contribution in [0.25, 0.3) is 10.8 Å². The zero-order valence-corrected chi connectivity index (χ0v) is 13.0. The van der Waals surface area contributed by atoms with Gasteiger partial charge in [-0.3, -0.25) is 0 Å². The third-order valence-electron chi connectivity index (χ3n) is 3.93. The van der Waals surface area contributed by atoms with Gasteiger partial charge >= 0.3 is 0 Å². The summed E-state index contributed by atoms with van der Waals surface area (Å²) in [5.41, 5.74) is 11.1. The van der Waals surface area contributed by atoms with Crippen LogP contribution < -0.4 is 5.73 Å². The van der Waals surface area contributed by atoms with Crippen molar-refractivity contribution in [2.75, 3.05) is 0 Å². The predicted molar refractivity (Wildman–Crippen MR) is 90.9 cm³/mol.